The molecule has 2 aliphatic rings. The average molecular weight is 343 g/mol. The molecule has 1 saturated carbocycles. The summed E-state index contributed by atoms with van der Waals surface area (Å²) in [5.74, 6) is 2.02. The van der Waals surface area contributed by atoms with E-state index in [1.807, 2.05) is 0 Å². The molecule has 2 fully saturated rings. The molecule has 0 bridgehead atoms. The van der Waals surface area contributed by atoms with Gasteiger partial charge in [0, 0.05) is 39.3 Å². The zero-order chi connectivity index (χ0) is 17.5. The van der Waals surface area contributed by atoms with Crippen molar-refractivity contribution < 1.29 is 14.9 Å². The number of hydrogen-bond acceptors (Lipinski definition) is 5. The van der Waals surface area contributed by atoms with Gasteiger partial charge in [0.2, 0.25) is 0 Å². The molecule has 0 aromatic rings. The maximum atomic E-state index is 10.4. The van der Waals surface area contributed by atoms with Crippen LogP contribution in [0.15, 0.2) is 0 Å². The van der Waals surface area contributed by atoms with E-state index in [-0.39, 0.29) is 6.61 Å². The van der Waals surface area contributed by atoms with Crippen molar-refractivity contribution in [2.24, 2.45) is 17.8 Å². The lowest BCUT2D eigenvalue weighted by molar-refractivity contribution is -0.0755. The number of aliphatic hydroxyl groups excluding tert-OH is 2. The summed E-state index contributed by atoms with van der Waals surface area (Å²) in [6, 6.07) is 0. The van der Waals surface area contributed by atoms with Gasteiger partial charge in [0.15, 0.2) is 0 Å². The van der Waals surface area contributed by atoms with Crippen LogP contribution in [0.2, 0.25) is 0 Å². The highest BCUT2D eigenvalue weighted by Gasteiger charge is 2.32. The molecule has 0 radical (unpaired) electrons. The quantitative estimate of drug-likeness (QED) is 0.699. The second-order valence-corrected chi connectivity index (χ2v) is 8.22. The molecule has 142 valence electrons. The number of nitrogens with zero attached hydrogens (tertiary/aromatic N) is 2. The van der Waals surface area contributed by atoms with Crippen molar-refractivity contribution in [1.29, 1.82) is 0 Å². The zero-order valence-corrected chi connectivity index (χ0v) is 15.9. The first-order valence-electron chi connectivity index (χ1n) is 9.84. The summed E-state index contributed by atoms with van der Waals surface area (Å²) >= 11 is 0. The second kappa shape index (κ2) is 10.1. The van der Waals surface area contributed by atoms with E-state index in [9.17, 15) is 5.11 Å². The first-order chi connectivity index (χ1) is 11.5. The fourth-order valence-corrected chi connectivity index (χ4v) is 4.23. The van der Waals surface area contributed by atoms with Crippen molar-refractivity contribution in [3.63, 3.8) is 0 Å². The molecule has 0 amide bonds. The monoisotopic (exact) mass is 342 g/mol. The van der Waals surface area contributed by atoms with Gasteiger partial charge in [-0.05, 0) is 30.6 Å². The summed E-state index contributed by atoms with van der Waals surface area (Å²) in [6.07, 6.45) is 3.61. The number of rotatable bonds is 8. The Morgan fingerprint density at radius 2 is 1.75 bits per heavy atom. The van der Waals surface area contributed by atoms with Crippen LogP contribution < -0.4 is 0 Å². The highest BCUT2D eigenvalue weighted by atomic mass is 16.5. The maximum absolute atomic E-state index is 10.4. The molecular formula is C19H38N2O3. The van der Waals surface area contributed by atoms with Gasteiger partial charge in [-0.15, -0.1) is 0 Å². The van der Waals surface area contributed by atoms with Crippen LogP contribution in [-0.2, 0) is 4.74 Å². The molecule has 2 N–H and O–H groups in total. The van der Waals surface area contributed by atoms with Gasteiger partial charge in [-0.1, -0.05) is 27.2 Å². The van der Waals surface area contributed by atoms with Crippen molar-refractivity contribution in [2.45, 2.75) is 52.2 Å². The summed E-state index contributed by atoms with van der Waals surface area (Å²) in [7, 11) is 0. The SMILES string of the molecule is CC(C)[C@@H]1CC[C@@H](C)C[C@H]1OC[C@H](O)CN1CCN(CCO)CC1. The van der Waals surface area contributed by atoms with Gasteiger partial charge in [-0.2, -0.15) is 0 Å². The largest absolute Gasteiger partial charge is 0.395 e. The minimum absolute atomic E-state index is 0.229. The molecule has 5 nitrogen and oxygen atoms in total. The molecule has 1 saturated heterocycles. The van der Waals surface area contributed by atoms with Crippen LogP contribution in [0.5, 0.6) is 0 Å². The normalized spacial score (nSPS) is 31.5. The third-order valence-electron chi connectivity index (χ3n) is 5.81. The fourth-order valence-electron chi connectivity index (χ4n) is 4.23. The Balaban J connectivity index is 1.69. The van der Waals surface area contributed by atoms with Crippen LogP contribution in [0.4, 0.5) is 0 Å². The van der Waals surface area contributed by atoms with Crippen molar-refractivity contribution >= 4 is 0 Å². The van der Waals surface area contributed by atoms with Crippen LogP contribution in [-0.4, -0.2) is 84.7 Å². The second-order valence-electron chi connectivity index (χ2n) is 8.22. The standard InChI is InChI=1S/C19H38N2O3/c1-15(2)18-5-4-16(3)12-19(18)24-14-17(23)13-21-8-6-20(7-9-21)10-11-22/h15-19,22-23H,4-14H2,1-3H3/t16-,17-,18+,19-/m1/s1. The van der Waals surface area contributed by atoms with E-state index in [1.54, 1.807) is 0 Å². The molecule has 0 aromatic carbocycles. The van der Waals surface area contributed by atoms with Crippen LogP contribution >= 0.6 is 0 Å². The molecule has 0 aromatic heterocycles. The van der Waals surface area contributed by atoms with Gasteiger partial charge in [-0.25, -0.2) is 0 Å². The van der Waals surface area contributed by atoms with Gasteiger partial charge < -0.3 is 14.9 Å². The van der Waals surface area contributed by atoms with Crippen molar-refractivity contribution in [3.8, 4) is 0 Å². The Bertz CT molecular complexity index is 346. The van der Waals surface area contributed by atoms with Crippen LogP contribution in [0.1, 0.15) is 40.0 Å². The summed E-state index contributed by atoms with van der Waals surface area (Å²) in [4.78, 5) is 4.58. The number of ether oxygens (including phenoxy) is 1. The van der Waals surface area contributed by atoms with Gasteiger partial charge in [0.05, 0.1) is 25.4 Å². The van der Waals surface area contributed by atoms with Gasteiger partial charge in [-0.3, -0.25) is 9.80 Å². The molecule has 2 rings (SSSR count). The van der Waals surface area contributed by atoms with Crippen molar-refractivity contribution in [1.82, 2.24) is 9.80 Å². The van der Waals surface area contributed by atoms with E-state index in [0.717, 1.165) is 45.1 Å². The van der Waals surface area contributed by atoms with Crippen LogP contribution in [0.25, 0.3) is 0 Å². The lowest BCUT2D eigenvalue weighted by Crippen LogP contribution is -2.49. The number of piperazine rings is 1. The van der Waals surface area contributed by atoms with Gasteiger partial charge >= 0.3 is 0 Å². The number of hydrogen-bond donors (Lipinski definition) is 2. The van der Waals surface area contributed by atoms with E-state index in [2.05, 4.69) is 30.6 Å². The molecule has 0 unspecified atom stereocenters. The van der Waals surface area contributed by atoms with E-state index >= 15 is 0 Å². The third-order valence-corrected chi connectivity index (χ3v) is 5.81. The summed E-state index contributed by atoms with van der Waals surface area (Å²) < 4.78 is 6.17. The first kappa shape index (κ1) is 20.1. The molecule has 5 heteroatoms. The highest BCUT2D eigenvalue weighted by Crippen LogP contribution is 2.35. The maximum Gasteiger partial charge on any atom is 0.0900 e. The predicted molar refractivity (Wildman–Crippen MR) is 97.1 cm³/mol. The van der Waals surface area contributed by atoms with Crippen molar-refractivity contribution in [2.75, 3.05) is 52.5 Å². The number of aliphatic hydroxyl groups is 2. The number of β-amino-alcohol motifs (C(OH)–C–C–N with tert-alkyl or cyclic N) is 2. The molecule has 1 aliphatic carbocycles. The van der Waals surface area contributed by atoms with E-state index in [4.69, 9.17) is 9.84 Å². The minimum atomic E-state index is -0.403. The molecule has 4 atom stereocenters. The summed E-state index contributed by atoms with van der Waals surface area (Å²) in [5.41, 5.74) is 0. The summed E-state index contributed by atoms with van der Waals surface area (Å²) in [5, 5.41) is 19.4. The zero-order valence-electron chi connectivity index (χ0n) is 15.9. The van der Waals surface area contributed by atoms with E-state index in [1.165, 1.54) is 12.8 Å². The van der Waals surface area contributed by atoms with E-state index < -0.39 is 6.10 Å². The van der Waals surface area contributed by atoms with Crippen molar-refractivity contribution in [3.05, 3.63) is 0 Å². The highest BCUT2D eigenvalue weighted by molar-refractivity contribution is 4.82. The molecule has 1 aliphatic heterocycles. The Labute approximate surface area is 148 Å². The first-order valence-corrected chi connectivity index (χ1v) is 9.84. The third kappa shape index (κ3) is 6.26. The smallest absolute Gasteiger partial charge is 0.0900 e. The van der Waals surface area contributed by atoms with Gasteiger partial charge in [0.25, 0.3) is 0 Å². The van der Waals surface area contributed by atoms with Crippen LogP contribution in [0.3, 0.4) is 0 Å². The molecule has 24 heavy (non-hydrogen) atoms. The molecule has 0 spiro atoms. The Morgan fingerprint density at radius 1 is 1.08 bits per heavy atom. The Hall–Kier alpha value is -0.200. The Kier molecular flexibility index (Phi) is 8.44. The average Bonchev–Trinajstić information content (AvgIpc) is 2.55. The molecular weight excluding hydrogens is 304 g/mol. The lowest BCUT2D eigenvalue weighted by Gasteiger charge is -2.38. The Morgan fingerprint density at radius 3 is 2.38 bits per heavy atom. The predicted octanol–water partition coefficient (Wildman–Crippen LogP) is 1.43. The van der Waals surface area contributed by atoms with Crippen LogP contribution in [0, 0.1) is 17.8 Å². The topological polar surface area (TPSA) is 56.2 Å². The summed E-state index contributed by atoms with van der Waals surface area (Å²) in [6.45, 7) is 12.9. The lowest BCUT2D eigenvalue weighted by atomic mass is 9.75. The minimum Gasteiger partial charge on any atom is -0.395 e. The van der Waals surface area contributed by atoms with E-state index in [0.29, 0.717) is 31.1 Å². The molecule has 1 heterocycles. The fraction of sp³-hybridized carbons (Fsp3) is 1.00. The van der Waals surface area contributed by atoms with Gasteiger partial charge in [0.1, 0.15) is 0 Å².